The second-order valence-electron chi connectivity index (χ2n) is 8.67. The van der Waals surface area contributed by atoms with Crippen molar-refractivity contribution in [1.29, 1.82) is 0 Å². The minimum absolute atomic E-state index is 0.0330. The van der Waals surface area contributed by atoms with Crippen LogP contribution in [0.2, 0.25) is 0 Å². The first-order valence-electron chi connectivity index (χ1n) is 10.3. The first kappa shape index (κ1) is 22.3. The van der Waals surface area contributed by atoms with Crippen LogP contribution in [-0.2, 0) is 19.7 Å². The van der Waals surface area contributed by atoms with Crippen molar-refractivity contribution in [3.63, 3.8) is 0 Å². The Kier molecular flexibility index (Phi) is 5.76. The maximum atomic E-state index is 14.9. The Bertz CT molecular complexity index is 1100. The third-order valence-corrected chi connectivity index (χ3v) is 6.85. The highest BCUT2D eigenvalue weighted by Gasteiger charge is 2.44. The summed E-state index contributed by atoms with van der Waals surface area (Å²) in [5.41, 5.74) is -0.0475. The number of morpholine rings is 1. The van der Waals surface area contributed by atoms with Crippen LogP contribution >= 0.6 is 0 Å². The number of amides is 1. The smallest absolute Gasteiger partial charge is 0.410 e. The third kappa shape index (κ3) is 4.24. The number of halogens is 1. The molecule has 0 bridgehead atoms. The minimum Gasteiger partial charge on any atom is -0.444 e. The van der Waals surface area contributed by atoms with E-state index in [-0.39, 0.29) is 31.1 Å². The molecule has 0 aliphatic carbocycles. The number of rotatable bonds is 3. The predicted octanol–water partition coefficient (Wildman–Crippen LogP) is 3.66. The average Bonchev–Trinajstić information content (AvgIpc) is 2.95. The van der Waals surface area contributed by atoms with Crippen LogP contribution in [0.15, 0.2) is 48.5 Å². The van der Waals surface area contributed by atoms with Gasteiger partial charge in [-0.05, 0) is 45.0 Å². The van der Waals surface area contributed by atoms with Gasteiger partial charge in [-0.2, -0.15) is 8.42 Å². The third-order valence-electron chi connectivity index (χ3n) is 5.09. The zero-order valence-electron chi connectivity index (χ0n) is 18.2. The minimum atomic E-state index is -4.12. The molecule has 2 aliphatic heterocycles. The molecule has 0 spiro atoms. The summed E-state index contributed by atoms with van der Waals surface area (Å²) in [6.45, 7) is 5.88. The number of fused-ring (bicyclic) bond motifs is 1. The number of anilines is 3. The Labute approximate surface area is 187 Å². The van der Waals surface area contributed by atoms with E-state index in [0.717, 1.165) is 8.61 Å². The molecule has 0 saturated carbocycles. The van der Waals surface area contributed by atoms with E-state index < -0.39 is 33.8 Å². The largest absolute Gasteiger partial charge is 0.444 e. The topological polar surface area (TPSA) is 79.4 Å². The number of ether oxygens (including phenoxy) is 2. The average molecular weight is 464 g/mol. The van der Waals surface area contributed by atoms with Gasteiger partial charge < -0.3 is 14.4 Å². The molecule has 1 unspecified atom stereocenters. The quantitative estimate of drug-likeness (QED) is 0.694. The lowest BCUT2D eigenvalue weighted by Gasteiger charge is -2.35. The standard InChI is InChI=1S/C22H26FN3O5S/c1-22(2,3)31-21(27)24-12-13-30-17(14-24)15-25-20-18(23)10-7-11-19(20)26(32(25,28)29)16-8-5-4-6-9-16/h4-11,17H,12-15H2,1-3H3. The molecule has 1 atom stereocenters. The molecule has 1 saturated heterocycles. The Hall–Kier alpha value is -2.85. The highest BCUT2D eigenvalue weighted by Crippen LogP contribution is 2.46. The molecule has 172 valence electrons. The molecule has 2 heterocycles. The van der Waals surface area contributed by atoms with E-state index in [1.54, 1.807) is 57.2 Å². The Morgan fingerprint density at radius 1 is 1.16 bits per heavy atom. The Morgan fingerprint density at radius 2 is 1.88 bits per heavy atom. The molecule has 1 fully saturated rings. The van der Waals surface area contributed by atoms with Crippen LogP contribution in [0.4, 0.5) is 26.2 Å². The van der Waals surface area contributed by atoms with Gasteiger partial charge in [0.15, 0.2) is 0 Å². The molecule has 2 aliphatic rings. The van der Waals surface area contributed by atoms with Crippen LogP contribution in [0.3, 0.4) is 0 Å². The zero-order valence-corrected chi connectivity index (χ0v) is 19.0. The second-order valence-corrected chi connectivity index (χ2v) is 10.4. The van der Waals surface area contributed by atoms with E-state index in [2.05, 4.69) is 0 Å². The van der Waals surface area contributed by atoms with Crippen LogP contribution in [-0.4, -0.2) is 57.4 Å². The Balaban J connectivity index is 1.62. The van der Waals surface area contributed by atoms with E-state index in [9.17, 15) is 17.6 Å². The lowest BCUT2D eigenvalue weighted by molar-refractivity contribution is -0.0380. The molecule has 8 nitrogen and oxygen atoms in total. The van der Waals surface area contributed by atoms with Crippen molar-refractivity contribution in [3.8, 4) is 0 Å². The fourth-order valence-electron chi connectivity index (χ4n) is 3.78. The summed E-state index contributed by atoms with van der Waals surface area (Å²) in [6.07, 6.45) is -1.14. The number of para-hydroxylation sites is 2. The molecule has 0 radical (unpaired) electrons. The molecule has 32 heavy (non-hydrogen) atoms. The zero-order chi connectivity index (χ0) is 23.1. The van der Waals surface area contributed by atoms with Gasteiger partial charge in [-0.1, -0.05) is 24.3 Å². The lowest BCUT2D eigenvalue weighted by atomic mass is 10.2. The van der Waals surface area contributed by atoms with E-state index in [0.29, 0.717) is 12.2 Å². The summed E-state index contributed by atoms with van der Waals surface area (Å²) in [7, 11) is -4.12. The summed E-state index contributed by atoms with van der Waals surface area (Å²) in [4.78, 5) is 13.9. The van der Waals surface area contributed by atoms with Crippen molar-refractivity contribution >= 4 is 33.4 Å². The first-order chi connectivity index (χ1) is 15.1. The number of nitrogens with zero attached hydrogens (tertiary/aromatic N) is 3. The molecule has 1 amide bonds. The summed E-state index contributed by atoms with van der Waals surface area (Å²) in [5, 5.41) is 0. The molecular formula is C22H26FN3O5S. The highest BCUT2D eigenvalue weighted by molar-refractivity contribution is 7.95. The number of carbonyl (C=O) groups excluding carboxylic acids is 1. The Morgan fingerprint density at radius 3 is 2.56 bits per heavy atom. The van der Waals surface area contributed by atoms with Gasteiger partial charge in [-0.3, -0.25) is 0 Å². The maximum Gasteiger partial charge on any atom is 0.410 e. The number of hydrogen-bond donors (Lipinski definition) is 0. The van der Waals surface area contributed by atoms with Crippen LogP contribution in [0, 0.1) is 5.82 Å². The van der Waals surface area contributed by atoms with E-state index in [1.165, 1.54) is 17.0 Å². The molecule has 4 rings (SSSR count). The molecule has 2 aromatic rings. The lowest BCUT2D eigenvalue weighted by Crippen LogP contribution is -2.52. The molecular weight excluding hydrogens is 437 g/mol. The second kappa shape index (κ2) is 8.25. The van der Waals surface area contributed by atoms with Gasteiger partial charge in [0.25, 0.3) is 0 Å². The van der Waals surface area contributed by atoms with Gasteiger partial charge in [0.2, 0.25) is 0 Å². The van der Waals surface area contributed by atoms with Crippen LogP contribution < -0.4 is 8.61 Å². The van der Waals surface area contributed by atoms with Gasteiger partial charge in [0.1, 0.15) is 17.1 Å². The monoisotopic (exact) mass is 463 g/mol. The SMILES string of the molecule is CC(C)(C)OC(=O)N1CCOC(CN2c3c(F)cccc3N(c3ccccc3)S2(=O)=O)C1. The van der Waals surface area contributed by atoms with Crippen LogP contribution in [0.5, 0.6) is 0 Å². The fourth-order valence-corrected chi connectivity index (χ4v) is 5.53. The van der Waals surface area contributed by atoms with Crippen LogP contribution in [0.25, 0.3) is 0 Å². The molecule has 0 N–H and O–H groups in total. The van der Waals surface area contributed by atoms with E-state index in [4.69, 9.17) is 9.47 Å². The number of benzene rings is 2. The number of hydrogen-bond acceptors (Lipinski definition) is 5. The van der Waals surface area contributed by atoms with Crippen molar-refractivity contribution in [2.24, 2.45) is 0 Å². The summed E-state index contributed by atoms with van der Waals surface area (Å²) >= 11 is 0. The van der Waals surface area contributed by atoms with Crippen molar-refractivity contribution < 1.29 is 27.1 Å². The van der Waals surface area contributed by atoms with Gasteiger partial charge in [0, 0.05) is 6.54 Å². The molecule has 10 heteroatoms. The van der Waals surface area contributed by atoms with Crippen molar-refractivity contribution in [1.82, 2.24) is 4.90 Å². The van der Waals surface area contributed by atoms with Crippen molar-refractivity contribution in [2.75, 3.05) is 34.9 Å². The van der Waals surface area contributed by atoms with Gasteiger partial charge in [0.05, 0.1) is 37.2 Å². The predicted molar refractivity (Wildman–Crippen MR) is 119 cm³/mol. The number of carbonyl (C=O) groups is 1. The highest BCUT2D eigenvalue weighted by atomic mass is 32.2. The summed E-state index contributed by atoms with van der Waals surface area (Å²) in [6, 6.07) is 12.8. The fraction of sp³-hybridized carbons (Fsp3) is 0.409. The van der Waals surface area contributed by atoms with E-state index >= 15 is 0 Å². The van der Waals surface area contributed by atoms with Crippen molar-refractivity contribution in [2.45, 2.75) is 32.5 Å². The van der Waals surface area contributed by atoms with Gasteiger partial charge in [-0.15, -0.1) is 0 Å². The molecule has 2 aromatic carbocycles. The normalized spacial score (nSPS) is 20.2. The van der Waals surface area contributed by atoms with Crippen LogP contribution in [0.1, 0.15) is 20.8 Å². The van der Waals surface area contributed by atoms with Gasteiger partial charge in [-0.25, -0.2) is 17.8 Å². The molecule has 0 aromatic heterocycles. The first-order valence-corrected chi connectivity index (χ1v) is 11.7. The summed E-state index contributed by atoms with van der Waals surface area (Å²) in [5.74, 6) is -0.649. The van der Waals surface area contributed by atoms with E-state index in [1.807, 2.05) is 0 Å². The maximum absolute atomic E-state index is 14.9. The van der Waals surface area contributed by atoms with Gasteiger partial charge >= 0.3 is 16.3 Å². The van der Waals surface area contributed by atoms with Crippen molar-refractivity contribution in [3.05, 3.63) is 54.3 Å². The summed E-state index contributed by atoms with van der Waals surface area (Å²) < 4.78 is 55.2.